The van der Waals surface area contributed by atoms with E-state index in [2.05, 4.69) is 15.9 Å². The number of rotatable bonds is 2. The molecule has 0 aliphatic heterocycles. The predicted octanol–water partition coefficient (Wildman–Crippen LogP) is 2.76. The maximum Gasteiger partial charge on any atom is 0.131 e. The summed E-state index contributed by atoms with van der Waals surface area (Å²) >= 11 is 3.03. The average molecular weight is 295 g/mol. The van der Waals surface area contributed by atoms with Crippen LogP contribution in [-0.2, 0) is 6.61 Å². The van der Waals surface area contributed by atoms with Gasteiger partial charge >= 0.3 is 0 Å². The molecular formula is C10H13BrF2OSi. The van der Waals surface area contributed by atoms with Crippen molar-refractivity contribution in [3.63, 3.8) is 0 Å². The zero-order valence-corrected chi connectivity index (χ0v) is 11.5. The van der Waals surface area contributed by atoms with Crippen LogP contribution >= 0.6 is 15.9 Å². The number of hydrogen-bond acceptors (Lipinski definition) is 1. The smallest absolute Gasteiger partial charge is 0.131 e. The molecule has 0 spiro atoms. The highest BCUT2D eigenvalue weighted by molar-refractivity contribution is 9.10. The van der Waals surface area contributed by atoms with Crippen molar-refractivity contribution in [2.45, 2.75) is 26.2 Å². The van der Waals surface area contributed by atoms with Crippen LogP contribution in [0.25, 0.3) is 0 Å². The Kier molecular flexibility index (Phi) is 3.68. The van der Waals surface area contributed by atoms with Crippen LogP contribution in [0.3, 0.4) is 0 Å². The molecule has 1 N–H and O–H groups in total. The maximum absolute atomic E-state index is 13.9. The fourth-order valence-electron chi connectivity index (χ4n) is 1.46. The Morgan fingerprint density at radius 3 is 2.27 bits per heavy atom. The van der Waals surface area contributed by atoms with Crippen molar-refractivity contribution in [1.82, 2.24) is 0 Å². The molecule has 0 saturated heterocycles. The van der Waals surface area contributed by atoms with Gasteiger partial charge in [-0.15, -0.1) is 0 Å². The first-order valence-corrected chi connectivity index (χ1v) is 8.86. The minimum atomic E-state index is -2.07. The average Bonchev–Trinajstić information content (AvgIpc) is 2.00. The minimum Gasteiger partial charge on any atom is -0.392 e. The van der Waals surface area contributed by atoms with Crippen LogP contribution in [0, 0.1) is 11.6 Å². The number of halogens is 3. The molecule has 5 heteroatoms. The van der Waals surface area contributed by atoms with E-state index < -0.39 is 26.3 Å². The third-order valence-corrected chi connectivity index (χ3v) is 4.84. The molecule has 1 aromatic rings. The fraction of sp³-hybridized carbons (Fsp3) is 0.400. The summed E-state index contributed by atoms with van der Waals surface area (Å²) in [5.74, 6) is -1.14. The highest BCUT2D eigenvalue weighted by atomic mass is 79.9. The Bertz CT molecular complexity index is 388. The van der Waals surface area contributed by atoms with Crippen LogP contribution in [0.5, 0.6) is 0 Å². The lowest BCUT2D eigenvalue weighted by Crippen LogP contribution is -2.43. The summed E-state index contributed by atoms with van der Waals surface area (Å²) in [5, 5.41) is 9.15. The van der Waals surface area contributed by atoms with Gasteiger partial charge < -0.3 is 5.11 Å². The molecule has 0 radical (unpaired) electrons. The third kappa shape index (κ3) is 2.46. The summed E-state index contributed by atoms with van der Waals surface area (Å²) in [4.78, 5) is 0. The van der Waals surface area contributed by atoms with Crippen LogP contribution in [0.2, 0.25) is 19.6 Å². The number of aliphatic hydroxyl groups is 1. The summed E-state index contributed by atoms with van der Waals surface area (Å²) < 4.78 is 27.8. The zero-order chi connectivity index (χ0) is 11.8. The van der Waals surface area contributed by atoms with E-state index in [1.165, 1.54) is 6.07 Å². The van der Waals surface area contributed by atoms with Crippen LogP contribution in [0.1, 0.15) is 5.56 Å². The Balaban J connectivity index is 3.53. The van der Waals surface area contributed by atoms with Crippen LogP contribution in [-0.4, -0.2) is 13.2 Å². The lowest BCUT2D eigenvalue weighted by molar-refractivity contribution is 0.275. The van der Waals surface area contributed by atoms with E-state index in [-0.39, 0.29) is 15.2 Å². The van der Waals surface area contributed by atoms with Crippen molar-refractivity contribution < 1.29 is 13.9 Å². The Labute approximate surface area is 97.3 Å². The second-order valence-corrected chi connectivity index (χ2v) is 10.3. The van der Waals surface area contributed by atoms with Crippen molar-refractivity contribution >= 4 is 29.2 Å². The van der Waals surface area contributed by atoms with Crippen LogP contribution in [0.15, 0.2) is 10.5 Å². The zero-order valence-electron chi connectivity index (χ0n) is 8.87. The molecule has 0 bridgehead atoms. The first kappa shape index (κ1) is 12.8. The van der Waals surface area contributed by atoms with E-state index in [4.69, 9.17) is 5.11 Å². The van der Waals surface area contributed by atoms with Crippen molar-refractivity contribution in [3.05, 3.63) is 27.7 Å². The molecule has 0 aromatic heterocycles. The molecule has 1 nitrogen and oxygen atoms in total. The Hall–Kier alpha value is -0.263. The molecule has 1 aromatic carbocycles. The second kappa shape index (κ2) is 4.31. The summed E-state index contributed by atoms with van der Waals surface area (Å²) in [6, 6.07) is 1.22. The van der Waals surface area contributed by atoms with Gasteiger partial charge in [0.05, 0.1) is 14.7 Å². The molecule has 1 rings (SSSR count). The lowest BCUT2D eigenvalue weighted by atomic mass is 10.2. The van der Waals surface area contributed by atoms with Gasteiger partial charge in [0.25, 0.3) is 0 Å². The van der Waals surface area contributed by atoms with Crippen molar-refractivity contribution in [3.8, 4) is 0 Å². The highest BCUT2D eigenvalue weighted by Crippen LogP contribution is 2.22. The van der Waals surface area contributed by atoms with Gasteiger partial charge in [0, 0.05) is 15.2 Å². The first-order valence-electron chi connectivity index (χ1n) is 4.56. The monoisotopic (exact) mass is 294 g/mol. The molecule has 0 heterocycles. The molecule has 0 saturated carbocycles. The van der Waals surface area contributed by atoms with Gasteiger partial charge in [-0.1, -0.05) is 35.6 Å². The van der Waals surface area contributed by atoms with E-state index in [9.17, 15) is 8.78 Å². The molecule has 84 valence electrons. The van der Waals surface area contributed by atoms with E-state index in [1.54, 1.807) is 0 Å². The van der Waals surface area contributed by atoms with Crippen LogP contribution < -0.4 is 5.19 Å². The molecule has 15 heavy (non-hydrogen) atoms. The number of aliphatic hydroxyl groups excluding tert-OH is 1. The quantitative estimate of drug-likeness (QED) is 0.832. The number of benzene rings is 1. The van der Waals surface area contributed by atoms with Gasteiger partial charge in [0.1, 0.15) is 11.6 Å². The molecule has 0 aliphatic carbocycles. The SMILES string of the molecule is C[Si](C)(C)c1c(F)cc(Br)c(CO)c1F. The lowest BCUT2D eigenvalue weighted by Gasteiger charge is -2.20. The van der Waals surface area contributed by atoms with E-state index >= 15 is 0 Å². The van der Waals surface area contributed by atoms with Gasteiger partial charge in [-0.2, -0.15) is 0 Å². The molecule has 0 atom stereocenters. The highest BCUT2D eigenvalue weighted by Gasteiger charge is 2.27. The van der Waals surface area contributed by atoms with E-state index in [1.807, 2.05) is 19.6 Å². The van der Waals surface area contributed by atoms with Gasteiger partial charge in [0.15, 0.2) is 0 Å². The Morgan fingerprint density at radius 1 is 1.33 bits per heavy atom. The molecule has 0 aliphatic rings. The summed E-state index contributed by atoms with van der Waals surface area (Å²) in [7, 11) is -2.07. The normalized spacial score (nSPS) is 11.9. The minimum absolute atomic E-state index is 0.133. The molecular weight excluding hydrogens is 282 g/mol. The number of hydrogen-bond donors (Lipinski definition) is 1. The van der Waals surface area contributed by atoms with Gasteiger partial charge in [-0.05, 0) is 6.07 Å². The summed E-state index contributed by atoms with van der Waals surface area (Å²) in [6.45, 7) is 5.17. The molecule has 0 fully saturated rings. The van der Waals surface area contributed by atoms with E-state index in [0.29, 0.717) is 0 Å². The van der Waals surface area contributed by atoms with Gasteiger partial charge in [-0.25, -0.2) is 8.78 Å². The van der Waals surface area contributed by atoms with Crippen molar-refractivity contribution in [2.24, 2.45) is 0 Å². The third-order valence-electron chi connectivity index (χ3n) is 2.17. The molecule has 0 amide bonds. The maximum atomic E-state index is 13.9. The summed E-state index contributed by atoms with van der Waals surface area (Å²) in [6.07, 6.45) is 0. The summed E-state index contributed by atoms with van der Waals surface area (Å²) in [5.41, 5.74) is 0.133. The second-order valence-electron chi connectivity index (χ2n) is 4.42. The topological polar surface area (TPSA) is 20.2 Å². The largest absolute Gasteiger partial charge is 0.392 e. The molecule has 0 unspecified atom stereocenters. The fourth-order valence-corrected chi connectivity index (χ4v) is 3.56. The van der Waals surface area contributed by atoms with Crippen molar-refractivity contribution in [1.29, 1.82) is 0 Å². The predicted molar refractivity (Wildman–Crippen MR) is 63.0 cm³/mol. The Morgan fingerprint density at radius 2 is 1.87 bits per heavy atom. The van der Waals surface area contributed by atoms with Crippen molar-refractivity contribution in [2.75, 3.05) is 0 Å². The van der Waals surface area contributed by atoms with Crippen LogP contribution in [0.4, 0.5) is 8.78 Å². The van der Waals surface area contributed by atoms with Gasteiger partial charge in [0.2, 0.25) is 0 Å². The van der Waals surface area contributed by atoms with E-state index in [0.717, 1.165) is 0 Å². The standard InChI is InChI=1S/C10H13BrF2OSi/c1-15(2,3)10-8(12)4-7(11)6(5-14)9(10)13/h4,14H,5H2,1-3H3. The van der Waals surface area contributed by atoms with Gasteiger partial charge in [-0.3, -0.25) is 0 Å². The first-order chi connectivity index (χ1) is 6.79.